The van der Waals surface area contributed by atoms with Crippen molar-refractivity contribution in [2.24, 2.45) is 5.73 Å². The summed E-state index contributed by atoms with van der Waals surface area (Å²) in [7, 11) is 0. The number of aromatic nitrogens is 1. The summed E-state index contributed by atoms with van der Waals surface area (Å²) in [4.78, 5) is 19.6. The summed E-state index contributed by atoms with van der Waals surface area (Å²) >= 11 is 1.39. The highest BCUT2D eigenvalue weighted by molar-refractivity contribution is 7.17. The molecule has 0 spiro atoms. The average Bonchev–Trinajstić information content (AvgIpc) is 3.04. The largest absolute Gasteiger partial charge is 0.459 e. The summed E-state index contributed by atoms with van der Waals surface area (Å²) in [5.74, 6) is 1.59. The van der Waals surface area contributed by atoms with Crippen molar-refractivity contribution in [2.45, 2.75) is 32.7 Å². The molecule has 0 bridgehead atoms. The second-order valence-corrected chi connectivity index (χ2v) is 6.50. The predicted octanol–water partition coefficient (Wildman–Crippen LogP) is 2.58. The minimum absolute atomic E-state index is 0.0367. The van der Waals surface area contributed by atoms with Crippen molar-refractivity contribution in [2.75, 3.05) is 13.1 Å². The van der Waals surface area contributed by atoms with E-state index in [1.165, 1.54) is 11.3 Å². The van der Waals surface area contributed by atoms with Gasteiger partial charge in [-0.2, -0.15) is 0 Å². The van der Waals surface area contributed by atoms with Crippen LogP contribution in [0, 0.1) is 13.8 Å². The van der Waals surface area contributed by atoms with Gasteiger partial charge in [0.05, 0.1) is 5.69 Å². The highest BCUT2D eigenvalue weighted by Gasteiger charge is 2.26. The number of piperidine rings is 1. The number of carbonyl (C=O) groups is 1. The summed E-state index contributed by atoms with van der Waals surface area (Å²) in [5.41, 5.74) is 6.71. The van der Waals surface area contributed by atoms with Crippen LogP contribution in [0.5, 0.6) is 0 Å². The first-order valence-corrected chi connectivity index (χ1v) is 7.95. The molecule has 21 heavy (non-hydrogen) atoms. The van der Waals surface area contributed by atoms with Crippen molar-refractivity contribution in [3.63, 3.8) is 0 Å². The summed E-state index contributed by atoms with van der Waals surface area (Å²) in [6.07, 6.45) is 1.96. The smallest absolute Gasteiger partial charge is 0.265 e. The average molecular weight is 305 g/mol. The number of hydrogen-bond donors (Lipinski definition) is 1. The van der Waals surface area contributed by atoms with Gasteiger partial charge in [0.2, 0.25) is 0 Å². The molecule has 2 aromatic rings. The lowest BCUT2D eigenvalue weighted by Gasteiger charge is -2.30. The Morgan fingerprint density at radius 3 is 2.95 bits per heavy atom. The van der Waals surface area contributed by atoms with Gasteiger partial charge in [-0.05, 0) is 38.8 Å². The van der Waals surface area contributed by atoms with E-state index in [4.69, 9.17) is 10.2 Å². The third kappa shape index (κ3) is 2.87. The van der Waals surface area contributed by atoms with Gasteiger partial charge in [0.1, 0.15) is 10.6 Å². The Morgan fingerprint density at radius 2 is 2.29 bits per heavy atom. The molecule has 2 N–H and O–H groups in total. The molecule has 3 heterocycles. The lowest BCUT2D eigenvalue weighted by atomic mass is 10.1. The van der Waals surface area contributed by atoms with Gasteiger partial charge in [-0.15, -0.1) is 11.3 Å². The zero-order chi connectivity index (χ0) is 15.0. The highest BCUT2D eigenvalue weighted by atomic mass is 32.1. The van der Waals surface area contributed by atoms with Crippen LogP contribution in [-0.2, 0) is 0 Å². The summed E-state index contributed by atoms with van der Waals surface area (Å²) in [6, 6.07) is 3.87. The lowest BCUT2D eigenvalue weighted by Crippen LogP contribution is -2.45. The number of rotatable bonds is 2. The van der Waals surface area contributed by atoms with Gasteiger partial charge in [-0.1, -0.05) is 0 Å². The van der Waals surface area contributed by atoms with Crippen LogP contribution in [0.1, 0.15) is 34.0 Å². The van der Waals surface area contributed by atoms with E-state index in [0.29, 0.717) is 11.4 Å². The number of hydrogen-bond acceptors (Lipinski definition) is 5. The minimum Gasteiger partial charge on any atom is -0.459 e. The van der Waals surface area contributed by atoms with Gasteiger partial charge in [0.15, 0.2) is 10.8 Å². The molecule has 1 amide bonds. The van der Waals surface area contributed by atoms with Crippen molar-refractivity contribution in [3.05, 3.63) is 28.5 Å². The van der Waals surface area contributed by atoms with E-state index in [0.717, 1.165) is 41.6 Å². The fourth-order valence-electron chi connectivity index (χ4n) is 2.59. The molecule has 1 aliphatic rings. The normalized spacial score (nSPS) is 19.0. The Hall–Kier alpha value is -1.66. The van der Waals surface area contributed by atoms with Crippen molar-refractivity contribution < 1.29 is 9.21 Å². The van der Waals surface area contributed by atoms with Crippen LogP contribution in [-0.4, -0.2) is 34.9 Å². The van der Waals surface area contributed by atoms with E-state index >= 15 is 0 Å². The van der Waals surface area contributed by atoms with Crippen LogP contribution in [0.15, 0.2) is 16.5 Å². The third-order valence-corrected chi connectivity index (χ3v) is 4.85. The maximum absolute atomic E-state index is 12.6. The summed E-state index contributed by atoms with van der Waals surface area (Å²) in [6.45, 7) is 5.17. The molecular weight excluding hydrogens is 286 g/mol. The molecule has 1 fully saturated rings. The van der Waals surface area contributed by atoms with Gasteiger partial charge in [-0.3, -0.25) is 4.79 Å². The number of thiazole rings is 1. The Morgan fingerprint density at radius 1 is 1.48 bits per heavy atom. The van der Waals surface area contributed by atoms with E-state index < -0.39 is 0 Å². The molecule has 6 heteroatoms. The molecule has 0 aromatic carbocycles. The molecule has 0 radical (unpaired) electrons. The molecule has 0 aliphatic carbocycles. The monoisotopic (exact) mass is 305 g/mol. The zero-order valence-electron chi connectivity index (χ0n) is 12.3. The first kappa shape index (κ1) is 14.3. The number of amides is 1. The van der Waals surface area contributed by atoms with Crippen molar-refractivity contribution in [3.8, 4) is 10.8 Å². The predicted molar refractivity (Wildman–Crippen MR) is 82.4 cm³/mol. The summed E-state index contributed by atoms with van der Waals surface area (Å²) < 4.78 is 5.58. The van der Waals surface area contributed by atoms with Gasteiger partial charge >= 0.3 is 0 Å². The molecule has 0 unspecified atom stereocenters. The molecule has 2 aromatic heterocycles. The van der Waals surface area contributed by atoms with Crippen LogP contribution in [0.3, 0.4) is 0 Å². The van der Waals surface area contributed by atoms with Crippen LogP contribution in [0.4, 0.5) is 0 Å². The first-order chi connectivity index (χ1) is 10.0. The zero-order valence-corrected chi connectivity index (χ0v) is 13.1. The number of nitrogens with two attached hydrogens (primary N) is 1. The van der Waals surface area contributed by atoms with E-state index in [2.05, 4.69) is 4.98 Å². The van der Waals surface area contributed by atoms with Crippen LogP contribution < -0.4 is 5.73 Å². The van der Waals surface area contributed by atoms with Crippen molar-refractivity contribution in [1.29, 1.82) is 0 Å². The second kappa shape index (κ2) is 5.61. The Balaban J connectivity index is 1.85. The molecule has 1 saturated heterocycles. The number of furan rings is 1. The molecule has 112 valence electrons. The maximum Gasteiger partial charge on any atom is 0.265 e. The number of carbonyl (C=O) groups excluding carboxylic acids is 1. The molecule has 5 nitrogen and oxygen atoms in total. The van der Waals surface area contributed by atoms with Crippen molar-refractivity contribution in [1.82, 2.24) is 9.88 Å². The second-order valence-electron chi connectivity index (χ2n) is 5.50. The molecular formula is C15H19N3O2S. The van der Waals surface area contributed by atoms with Gasteiger partial charge < -0.3 is 15.1 Å². The molecule has 3 rings (SSSR count). The molecule has 0 saturated carbocycles. The number of aryl methyl sites for hydroxylation is 2. The van der Waals surface area contributed by atoms with Gasteiger partial charge in [0, 0.05) is 19.1 Å². The van der Waals surface area contributed by atoms with E-state index in [1.54, 1.807) is 0 Å². The third-order valence-electron chi connectivity index (χ3n) is 3.69. The standard InChI is InChI=1S/C15H19N3O2S/c1-9-5-6-12(20-9)14-17-10(2)13(21-14)15(19)18-7-3-4-11(16)8-18/h5-6,11H,3-4,7-8,16H2,1-2H3/t11-/m0/s1. The number of likely N-dealkylation sites (tertiary alicyclic amines) is 1. The topological polar surface area (TPSA) is 72.4 Å². The molecule has 1 atom stereocenters. The minimum atomic E-state index is 0.0367. The fourth-order valence-corrected chi connectivity index (χ4v) is 3.58. The van der Waals surface area contributed by atoms with Crippen LogP contribution in [0.2, 0.25) is 0 Å². The highest BCUT2D eigenvalue weighted by Crippen LogP contribution is 2.30. The Kier molecular flexibility index (Phi) is 3.82. The first-order valence-electron chi connectivity index (χ1n) is 7.13. The quantitative estimate of drug-likeness (QED) is 0.925. The maximum atomic E-state index is 12.6. The Labute approximate surface area is 127 Å². The van der Waals surface area contributed by atoms with E-state index in [-0.39, 0.29) is 11.9 Å². The van der Waals surface area contributed by atoms with Crippen LogP contribution >= 0.6 is 11.3 Å². The fraction of sp³-hybridized carbons (Fsp3) is 0.467. The summed E-state index contributed by atoms with van der Waals surface area (Å²) in [5, 5.41) is 0.755. The van der Waals surface area contributed by atoms with E-state index in [9.17, 15) is 4.79 Å². The van der Waals surface area contributed by atoms with E-state index in [1.807, 2.05) is 30.9 Å². The van der Waals surface area contributed by atoms with Gasteiger partial charge in [0.25, 0.3) is 5.91 Å². The SMILES string of the molecule is Cc1ccc(-c2nc(C)c(C(=O)N3CCC[C@H](N)C3)s2)o1. The number of nitrogens with zero attached hydrogens (tertiary/aromatic N) is 2. The van der Waals surface area contributed by atoms with Crippen LogP contribution in [0.25, 0.3) is 10.8 Å². The van der Waals surface area contributed by atoms with Crippen molar-refractivity contribution >= 4 is 17.2 Å². The lowest BCUT2D eigenvalue weighted by molar-refractivity contribution is 0.0713. The molecule has 1 aliphatic heterocycles. The Bertz CT molecular complexity index is 662. The van der Waals surface area contributed by atoms with Gasteiger partial charge in [-0.25, -0.2) is 4.98 Å².